The predicted molar refractivity (Wildman–Crippen MR) is 73.8 cm³/mol. The van der Waals surface area contributed by atoms with Crippen LogP contribution in [0.3, 0.4) is 0 Å². The van der Waals surface area contributed by atoms with Gasteiger partial charge in [-0.25, -0.2) is 4.98 Å². The quantitative estimate of drug-likeness (QED) is 0.898. The van der Waals surface area contributed by atoms with E-state index in [1.807, 2.05) is 5.38 Å². The molecule has 1 atom stereocenters. The molecule has 92 valence electrons. The van der Waals surface area contributed by atoms with Crippen LogP contribution in [0.1, 0.15) is 19.0 Å². The zero-order chi connectivity index (χ0) is 12.3. The van der Waals surface area contributed by atoms with Crippen LogP contribution in [-0.2, 0) is 5.75 Å². The van der Waals surface area contributed by atoms with E-state index in [1.54, 1.807) is 28.4 Å². The molecule has 2 N–H and O–H groups in total. The van der Waals surface area contributed by atoms with Crippen molar-refractivity contribution in [2.24, 2.45) is 5.73 Å². The van der Waals surface area contributed by atoms with Crippen LogP contribution in [0.25, 0.3) is 4.96 Å². The fourth-order valence-electron chi connectivity index (χ4n) is 1.51. The molecule has 0 aliphatic heterocycles. The lowest BCUT2D eigenvalue weighted by molar-refractivity contribution is 0.822. The first-order valence-corrected chi connectivity index (χ1v) is 7.41. The van der Waals surface area contributed by atoms with E-state index in [2.05, 4.69) is 11.9 Å². The number of nitrogens with zero attached hydrogens (tertiary/aromatic N) is 2. The van der Waals surface area contributed by atoms with Crippen LogP contribution in [0.15, 0.2) is 22.4 Å². The number of fused-ring (bicyclic) bond motifs is 1. The summed E-state index contributed by atoms with van der Waals surface area (Å²) in [6, 6.07) is 1.61. The molecule has 2 rings (SSSR count). The first-order chi connectivity index (χ1) is 8.20. The molecule has 0 spiro atoms. The van der Waals surface area contributed by atoms with Crippen molar-refractivity contribution in [2.45, 2.75) is 24.3 Å². The molecule has 0 bridgehead atoms. The van der Waals surface area contributed by atoms with Gasteiger partial charge in [-0.05, 0) is 13.0 Å². The maximum absolute atomic E-state index is 11.7. The summed E-state index contributed by atoms with van der Waals surface area (Å²) in [5, 5.41) is 2.38. The van der Waals surface area contributed by atoms with Gasteiger partial charge >= 0.3 is 0 Å². The van der Waals surface area contributed by atoms with Crippen molar-refractivity contribution >= 4 is 28.1 Å². The first-order valence-electron chi connectivity index (χ1n) is 5.48. The molecule has 2 heterocycles. The molecule has 0 saturated heterocycles. The molecule has 0 radical (unpaired) electrons. The Kier molecular flexibility index (Phi) is 4.20. The molecule has 0 aliphatic rings. The molecule has 0 amide bonds. The Morgan fingerprint density at radius 2 is 2.47 bits per heavy atom. The van der Waals surface area contributed by atoms with Gasteiger partial charge in [-0.15, -0.1) is 11.3 Å². The van der Waals surface area contributed by atoms with Crippen molar-refractivity contribution in [3.8, 4) is 0 Å². The lowest BCUT2D eigenvalue weighted by atomic mass is 10.3. The normalized spacial score (nSPS) is 13.1. The summed E-state index contributed by atoms with van der Waals surface area (Å²) in [6.45, 7) is 2.85. The summed E-state index contributed by atoms with van der Waals surface area (Å²) in [5.74, 6) is 0.769. The van der Waals surface area contributed by atoms with Crippen LogP contribution in [0.4, 0.5) is 0 Å². The highest BCUT2D eigenvalue weighted by atomic mass is 32.2. The summed E-state index contributed by atoms with van der Waals surface area (Å²) >= 11 is 3.27. The zero-order valence-electron chi connectivity index (χ0n) is 9.63. The maximum atomic E-state index is 11.7. The lowest BCUT2D eigenvalue weighted by Gasteiger charge is -2.08. The fourth-order valence-corrected chi connectivity index (χ4v) is 3.15. The molecular formula is C11H15N3OS2. The van der Waals surface area contributed by atoms with Crippen LogP contribution in [0.5, 0.6) is 0 Å². The Morgan fingerprint density at radius 1 is 1.65 bits per heavy atom. The van der Waals surface area contributed by atoms with Crippen LogP contribution in [0, 0.1) is 0 Å². The summed E-state index contributed by atoms with van der Waals surface area (Å²) in [6.07, 6.45) is 2.74. The van der Waals surface area contributed by atoms with Crippen LogP contribution in [0.2, 0.25) is 0 Å². The van der Waals surface area contributed by atoms with E-state index >= 15 is 0 Å². The van der Waals surface area contributed by atoms with Gasteiger partial charge in [-0.1, -0.05) is 6.92 Å². The molecule has 1 unspecified atom stereocenters. The van der Waals surface area contributed by atoms with Gasteiger partial charge < -0.3 is 5.73 Å². The van der Waals surface area contributed by atoms with Gasteiger partial charge in [0.15, 0.2) is 4.96 Å². The van der Waals surface area contributed by atoms with Gasteiger partial charge in [0.1, 0.15) is 0 Å². The summed E-state index contributed by atoms with van der Waals surface area (Å²) in [7, 11) is 0. The number of thioether (sulfide) groups is 1. The second-order valence-corrected chi connectivity index (χ2v) is 6.14. The number of nitrogens with two attached hydrogens (primary N) is 1. The Morgan fingerprint density at radius 3 is 3.24 bits per heavy atom. The summed E-state index contributed by atoms with van der Waals surface area (Å²) in [5.41, 5.74) is 6.35. The number of thiazole rings is 1. The third-order valence-corrected chi connectivity index (χ3v) is 4.47. The van der Waals surface area contributed by atoms with Gasteiger partial charge in [0.2, 0.25) is 0 Å². The van der Waals surface area contributed by atoms with Gasteiger partial charge in [0.05, 0.1) is 5.69 Å². The highest BCUT2D eigenvalue weighted by molar-refractivity contribution is 7.99. The topological polar surface area (TPSA) is 60.4 Å². The second-order valence-electron chi connectivity index (χ2n) is 3.84. The minimum Gasteiger partial charge on any atom is -0.330 e. The van der Waals surface area contributed by atoms with Crippen LogP contribution >= 0.6 is 23.1 Å². The van der Waals surface area contributed by atoms with E-state index in [1.165, 1.54) is 11.3 Å². The highest BCUT2D eigenvalue weighted by Gasteiger charge is 2.06. The van der Waals surface area contributed by atoms with Crippen LogP contribution < -0.4 is 11.3 Å². The fraction of sp³-hybridized carbons (Fsp3) is 0.455. The minimum atomic E-state index is -0.00155. The Balaban J connectivity index is 2.11. The number of aromatic nitrogens is 2. The van der Waals surface area contributed by atoms with Crippen molar-refractivity contribution < 1.29 is 0 Å². The van der Waals surface area contributed by atoms with E-state index in [0.717, 1.165) is 22.8 Å². The SMILES string of the molecule is CC(CCN)SCc1cc(=O)n2ccsc2n1. The Labute approximate surface area is 108 Å². The molecule has 6 heteroatoms. The van der Waals surface area contributed by atoms with Crippen LogP contribution in [-0.4, -0.2) is 21.2 Å². The van der Waals surface area contributed by atoms with Crippen molar-refractivity contribution in [2.75, 3.05) is 6.54 Å². The van der Waals surface area contributed by atoms with Crippen molar-refractivity contribution in [1.29, 1.82) is 0 Å². The van der Waals surface area contributed by atoms with E-state index in [0.29, 0.717) is 11.8 Å². The minimum absolute atomic E-state index is 0.00155. The molecule has 17 heavy (non-hydrogen) atoms. The predicted octanol–water partition coefficient (Wildman–Crippen LogP) is 1.73. The van der Waals surface area contributed by atoms with Gasteiger partial charge in [-0.2, -0.15) is 11.8 Å². The number of rotatable bonds is 5. The molecule has 0 saturated carbocycles. The third kappa shape index (κ3) is 3.08. The monoisotopic (exact) mass is 269 g/mol. The molecule has 2 aromatic rings. The van der Waals surface area contributed by atoms with Crippen molar-refractivity contribution in [1.82, 2.24) is 9.38 Å². The molecule has 2 aromatic heterocycles. The van der Waals surface area contributed by atoms with E-state index in [4.69, 9.17) is 5.73 Å². The van der Waals surface area contributed by atoms with E-state index in [-0.39, 0.29) is 5.56 Å². The van der Waals surface area contributed by atoms with Crippen molar-refractivity contribution in [3.05, 3.63) is 33.7 Å². The first kappa shape index (κ1) is 12.6. The largest absolute Gasteiger partial charge is 0.330 e. The van der Waals surface area contributed by atoms with Gasteiger partial charge in [0, 0.05) is 28.6 Å². The lowest BCUT2D eigenvalue weighted by Crippen LogP contribution is -2.13. The summed E-state index contributed by atoms with van der Waals surface area (Å²) < 4.78 is 1.57. The van der Waals surface area contributed by atoms with Gasteiger partial charge in [0.25, 0.3) is 5.56 Å². The van der Waals surface area contributed by atoms with E-state index in [9.17, 15) is 4.79 Å². The second kappa shape index (κ2) is 5.66. The number of hydrogen-bond acceptors (Lipinski definition) is 5. The Bertz CT molecular complexity index is 549. The molecular weight excluding hydrogens is 254 g/mol. The Hall–Kier alpha value is -0.850. The average Bonchev–Trinajstić information content (AvgIpc) is 2.75. The molecule has 0 aromatic carbocycles. The maximum Gasteiger partial charge on any atom is 0.258 e. The standard InChI is InChI=1S/C11H15N3OS2/c1-8(2-3-12)17-7-9-6-10(15)14-4-5-16-11(14)13-9/h4-6,8H,2-3,7,12H2,1H3. The molecule has 0 aliphatic carbocycles. The van der Waals surface area contributed by atoms with Gasteiger partial charge in [-0.3, -0.25) is 9.20 Å². The smallest absolute Gasteiger partial charge is 0.258 e. The summed E-state index contributed by atoms with van der Waals surface area (Å²) in [4.78, 5) is 17.0. The molecule has 4 nitrogen and oxygen atoms in total. The highest BCUT2D eigenvalue weighted by Crippen LogP contribution is 2.18. The third-order valence-electron chi connectivity index (χ3n) is 2.45. The molecule has 0 fully saturated rings. The number of hydrogen-bond donors (Lipinski definition) is 1. The van der Waals surface area contributed by atoms with E-state index < -0.39 is 0 Å². The van der Waals surface area contributed by atoms with Crippen molar-refractivity contribution in [3.63, 3.8) is 0 Å². The average molecular weight is 269 g/mol. The zero-order valence-corrected chi connectivity index (χ0v) is 11.3.